The molecule has 5 nitrogen and oxygen atoms in total. The molecule has 0 N–H and O–H groups in total. The van der Waals surface area contributed by atoms with Crippen molar-refractivity contribution < 1.29 is 23.8 Å². The van der Waals surface area contributed by atoms with Crippen molar-refractivity contribution in [3.05, 3.63) is 35.4 Å². The lowest BCUT2D eigenvalue weighted by molar-refractivity contribution is -0.162. The molecule has 2 rings (SSSR count). The minimum absolute atomic E-state index is 0.228. The average molecular weight is 433 g/mol. The largest absolute Gasteiger partial charge is 0.466 e. The summed E-state index contributed by atoms with van der Waals surface area (Å²) >= 11 is 0. The van der Waals surface area contributed by atoms with E-state index in [1.54, 1.807) is 0 Å². The fourth-order valence-corrected chi connectivity index (χ4v) is 4.06. The van der Waals surface area contributed by atoms with E-state index in [0.29, 0.717) is 32.0 Å². The molecule has 1 fully saturated rings. The number of benzene rings is 1. The van der Waals surface area contributed by atoms with E-state index >= 15 is 0 Å². The Labute approximate surface area is 187 Å². The van der Waals surface area contributed by atoms with E-state index in [4.69, 9.17) is 14.2 Å². The quantitative estimate of drug-likeness (QED) is 0.344. The van der Waals surface area contributed by atoms with Gasteiger partial charge in [0.15, 0.2) is 6.10 Å². The molecule has 0 heterocycles. The van der Waals surface area contributed by atoms with Gasteiger partial charge in [-0.15, -0.1) is 0 Å². The van der Waals surface area contributed by atoms with Crippen molar-refractivity contribution in [3.8, 4) is 0 Å². The highest BCUT2D eigenvalue weighted by atomic mass is 16.6. The van der Waals surface area contributed by atoms with Crippen LogP contribution < -0.4 is 0 Å². The minimum atomic E-state index is -0.682. The van der Waals surface area contributed by atoms with Gasteiger partial charge in [0.25, 0.3) is 0 Å². The molecule has 0 spiro atoms. The monoisotopic (exact) mass is 432 g/mol. The minimum Gasteiger partial charge on any atom is -0.466 e. The number of carbonyl (C=O) groups excluding carboxylic acids is 2. The van der Waals surface area contributed by atoms with Crippen LogP contribution in [0.4, 0.5) is 0 Å². The Morgan fingerprint density at radius 1 is 0.968 bits per heavy atom. The van der Waals surface area contributed by atoms with Gasteiger partial charge in [0, 0.05) is 6.42 Å². The summed E-state index contributed by atoms with van der Waals surface area (Å²) in [5.74, 6) is 0.0894. The van der Waals surface area contributed by atoms with Crippen LogP contribution in [-0.4, -0.2) is 31.3 Å². The third-order valence-electron chi connectivity index (χ3n) is 5.88. The summed E-state index contributed by atoms with van der Waals surface area (Å²) in [7, 11) is 0. The van der Waals surface area contributed by atoms with E-state index in [9.17, 15) is 9.59 Å². The van der Waals surface area contributed by atoms with Crippen molar-refractivity contribution in [1.82, 2.24) is 0 Å². The summed E-state index contributed by atoms with van der Waals surface area (Å²) < 4.78 is 16.6. The summed E-state index contributed by atoms with van der Waals surface area (Å²) in [4.78, 5) is 24.3. The molecular weight excluding hydrogens is 392 g/mol. The Morgan fingerprint density at radius 3 is 2.26 bits per heavy atom. The molecule has 0 saturated heterocycles. The number of hydrogen-bond acceptors (Lipinski definition) is 5. The van der Waals surface area contributed by atoms with Crippen molar-refractivity contribution in [2.45, 2.75) is 103 Å². The fraction of sp³-hybridized carbons (Fsp3) is 0.692. The number of ether oxygens (including phenoxy) is 3. The van der Waals surface area contributed by atoms with Crippen LogP contribution in [0.2, 0.25) is 0 Å². The Bertz CT molecular complexity index is 648. The predicted molar refractivity (Wildman–Crippen MR) is 122 cm³/mol. The van der Waals surface area contributed by atoms with Crippen LogP contribution in [0.3, 0.4) is 0 Å². The molecule has 0 amide bonds. The number of rotatable bonds is 13. The lowest BCUT2D eigenvalue weighted by atomic mass is 9.84. The Balaban J connectivity index is 1.92. The highest BCUT2D eigenvalue weighted by Gasteiger charge is 2.24. The van der Waals surface area contributed by atoms with Crippen molar-refractivity contribution in [3.63, 3.8) is 0 Å². The maximum atomic E-state index is 12.5. The molecule has 5 heteroatoms. The molecule has 31 heavy (non-hydrogen) atoms. The van der Waals surface area contributed by atoms with Gasteiger partial charge in [0.05, 0.1) is 19.3 Å². The summed E-state index contributed by atoms with van der Waals surface area (Å²) in [5, 5.41) is 0. The topological polar surface area (TPSA) is 61.8 Å². The Hall–Kier alpha value is -1.88. The first-order valence-electron chi connectivity index (χ1n) is 12.1. The maximum Gasteiger partial charge on any atom is 0.335 e. The van der Waals surface area contributed by atoms with Gasteiger partial charge >= 0.3 is 11.9 Å². The van der Waals surface area contributed by atoms with Gasteiger partial charge in [-0.3, -0.25) is 4.79 Å². The van der Waals surface area contributed by atoms with Gasteiger partial charge in [-0.05, 0) is 62.5 Å². The third-order valence-corrected chi connectivity index (χ3v) is 5.88. The Kier molecular flexibility index (Phi) is 11.7. The van der Waals surface area contributed by atoms with Crippen LogP contribution in [0.15, 0.2) is 24.3 Å². The van der Waals surface area contributed by atoms with Crippen molar-refractivity contribution in [1.29, 1.82) is 0 Å². The standard InChI is InChI=1S/C26H40O5/c1-4-18-29-25(27)13-9-12-24(26(28)30-19-5-2)31-20(3)21-14-16-23(17-15-21)22-10-7-6-8-11-22/h14-17,20,22,24H,4-13,18-19H2,1-3H3. The van der Waals surface area contributed by atoms with Gasteiger partial charge in [-0.2, -0.15) is 0 Å². The molecule has 1 aliphatic carbocycles. The summed E-state index contributed by atoms with van der Waals surface area (Å²) in [6.45, 7) is 6.70. The molecule has 0 aromatic heterocycles. The van der Waals surface area contributed by atoms with Gasteiger partial charge in [-0.1, -0.05) is 57.4 Å². The lowest BCUT2D eigenvalue weighted by Crippen LogP contribution is -2.28. The van der Waals surface area contributed by atoms with Gasteiger partial charge in [-0.25, -0.2) is 4.79 Å². The highest BCUT2D eigenvalue weighted by Crippen LogP contribution is 2.33. The summed E-state index contributed by atoms with van der Waals surface area (Å²) in [6.07, 6.45) is 8.45. The van der Waals surface area contributed by atoms with E-state index in [1.165, 1.54) is 37.7 Å². The molecule has 1 aliphatic rings. The highest BCUT2D eigenvalue weighted by molar-refractivity contribution is 5.75. The smallest absolute Gasteiger partial charge is 0.335 e. The molecule has 0 bridgehead atoms. The first-order valence-corrected chi connectivity index (χ1v) is 12.1. The van der Waals surface area contributed by atoms with Gasteiger partial charge in [0.2, 0.25) is 0 Å². The zero-order valence-electron chi connectivity index (χ0n) is 19.6. The molecule has 1 saturated carbocycles. The molecule has 1 aromatic carbocycles. The molecular formula is C26H40O5. The molecule has 2 unspecified atom stereocenters. The molecule has 0 aliphatic heterocycles. The first-order chi connectivity index (χ1) is 15.0. The molecule has 1 aromatic rings. The van der Waals surface area contributed by atoms with Crippen LogP contribution in [0.5, 0.6) is 0 Å². The van der Waals surface area contributed by atoms with Crippen LogP contribution in [0.25, 0.3) is 0 Å². The molecule has 174 valence electrons. The van der Waals surface area contributed by atoms with Crippen LogP contribution in [-0.2, 0) is 23.8 Å². The van der Waals surface area contributed by atoms with Gasteiger partial charge in [0.1, 0.15) is 0 Å². The second kappa shape index (κ2) is 14.2. The second-order valence-corrected chi connectivity index (χ2v) is 8.55. The normalized spacial score (nSPS) is 16.5. The summed E-state index contributed by atoms with van der Waals surface area (Å²) in [5.41, 5.74) is 2.45. The van der Waals surface area contributed by atoms with Crippen molar-refractivity contribution >= 4 is 11.9 Å². The molecule has 0 radical (unpaired) electrons. The average Bonchev–Trinajstić information content (AvgIpc) is 2.81. The maximum absolute atomic E-state index is 12.5. The number of esters is 2. The summed E-state index contributed by atoms with van der Waals surface area (Å²) in [6, 6.07) is 8.65. The van der Waals surface area contributed by atoms with E-state index < -0.39 is 6.10 Å². The van der Waals surface area contributed by atoms with Crippen molar-refractivity contribution in [2.75, 3.05) is 13.2 Å². The predicted octanol–water partition coefficient (Wildman–Crippen LogP) is 6.26. The number of hydrogen-bond donors (Lipinski definition) is 0. The van der Waals surface area contributed by atoms with Crippen molar-refractivity contribution in [2.24, 2.45) is 0 Å². The van der Waals surface area contributed by atoms with Crippen LogP contribution >= 0.6 is 0 Å². The van der Waals surface area contributed by atoms with E-state index in [2.05, 4.69) is 24.3 Å². The van der Waals surface area contributed by atoms with Gasteiger partial charge < -0.3 is 14.2 Å². The number of carbonyl (C=O) groups is 2. The van der Waals surface area contributed by atoms with E-state index in [-0.39, 0.29) is 24.5 Å². The SMILES string of the molecule is CCCOC(=O)CCCC(OC(C)c1ccc(C2CCCCC2)cc1)C(=O)OCCC. The lowest BCUT2D eigenvalue weighted by Gasteiger charge is -2.24. The van der Waals surface area contributed by atoms with E-state index in [0.717, 1.165) is 18.4 Å². The fourth-order valence-electron chi connectivity index (χ4n) is 4.06. The third kappa shape index (κ3) is 9.02. The second-order valence-electron chi connectivity index (χ2n) is 8.55. The van der Waals surface area contributed by atoms with E-state index in [1.807, 2.05) is 20.8 Å². The Morgan fingerprint density at radius 2 is 1.61 bits per heavy atom. The van der Waals surface area contributed by atoms with Crippen LogP contribution in [0, 0.1) is 0 Å². The zero-order valence-corrected chi connectivity index (χ0v) is 19.6. The molecule has 2 atom stereocenters. The zero-order chi connectivity index (χ0) is 22.5. The first kappa shape index (κ1) is 25.4. The van der Waals surface area contributed by atoms with Crippen LogP contribution in [0.1, 0.15) is 108 Å².